The fourth-order valence-electron chi connectivity index (χ4n) is 1.25. The van der Waals surface area contributed by atoms with Gasteiger partial charge in [-0.05, 0) is 17.7 Å². The molecule has 3 rings (SSSR count). The Balaban J connectivity index is 2.48. The Morgan fingerprint density at radius 3 is 2.58 bits per heavy atom. The van der Waals surface area contributed by atoms with E-state index in [4.69, 9.17) is 0 Å². The van der Waals surface area contributed by atoms with Crippen molar-refractivity contribution in [2.24, 2.45) is 0 Å². The SMILES string of the molecule is C=C1Cc2ccc(cc2)NC1=O. The Morgan fingerprint density at radius 1 is 1.25 bits per heavy atom. The highest BCUT2D eigenvalue weighted by Gasteiger charge is 2.11. The minimum Gasteiger partial charge on any atom is -0.322 e. The summed E-state index contributed by atoms with van der Waals surface area (Å²) in [6.45, 7) is 3.70. The Bertz CT molecular complexity index is 302. The zero-order chi connectivity index (χ0) is 8.55. The van der Waals surface area contributed by atoms with E-state index in [1.54, 1.807) is 0 Å². The van der Waals surface area contributed by atoms with Crippen LogP contribution in [0.1, 0.15) is 5.56 Å². The van der Waals surface area contributed by atoms with Gasteiger partial charge in [-0.25, -0.2) is 0 Å². The third-order valence-corrected chi connectivity index (χ3v) is 1.95. The average Bonchev–Trinajstić information content (AvgIpc) is 2.05. The molecule has 0 aromatic heterocycles. The smallest absolute Gasteiger partial charge is 0.251 e. The summed E-state index contributed by atoms with van der Waals surface area (Å²) in [7, 11) is 0. The van der Waals surface area contributed by atoms with Crippen molar-refractivity contribution in [3.8, 4) is 0 Å². The molecule has 0 radical (unpaired) electrons. The van der Waals surface area contributed by atoms with E-state index in [1.165, 1.54) is 0 Å². The molecule has 0 aliphatic carbocycles. The van der Waals surface area contributed by atoms with E-state index in [-0.39, 0.29) is 5.91 Å². The van der Waals surface area contributed by atoms with Crippen molar-refractivity contribution in [3.05, 3.63) is 42.0 Å². The van der Waals surface area contributed by atoms with E-state index in [2.05, 4.69) is 11.9 Å². The minimum atomic E-state index is -0.0730. The molecule has 1 N–H and O–H groups in total. The number of benzene rings is 1. The number of hydrogen-bond acceptors (Lipinski definition) is 1. The molecule has 0 fully saturated rings. The third kappa shape index (κ3) is 1.11. The van der Waals surface area contributed by atoms with Crippen molar-refractivity contribution in [1.29, 1.82) is 0 Å². The molecular weight excluding hydrogens is 150 g/mol. The molecule has 0 atom stereocenters. The van der Waals surface area contributed by atoms with Crippen LogP contribution in [0.4, 0.5) is 5.69 Å². The normalized spacial score (nSPS) is 15.3. The van der Waals surface area contributed by atoms with E-state index in [1.807, 2.05) is 24.3 Å². The van der Waals surface area contributed by atoms with Crippen molar-refractivity contribution in [2.45, 2.75) is 6.42 Å². The van der Waals surface area contributed by atoms with Crippen LogP contribution >= 0.6 is 0 Å². The topological polar surface area (TPSA) is 29.1 Å². The molecule has 0 saturated heterocycles. The Morgan fingerprint density at radius 2 is 1.92 bits per heavy atom. The molecule has 0 spiro atoms. The van der Waals surface area contributed by atoms with Gasteiger partial charge in [0.15, 0.2) is 0 Å². The summed E-state index contributed by atoms with van der Waals surface area (Å²) in [4.78, 5) is 11.2. The second kappa shape index (κ2) is 2.48. The van der Waals surface area contributed by atoms with E-state index in [0.717, 1.165) is 11.3 Å². The van der Waals surface area contributed by atoms with E-state index < -0.39 is 0 Å². The van der Waals surface area contributed by atoms with Gasteiger partial charge in [-0.3, -0.25) is 4.79 Å². The van der Waals surface area contributed by atoms with Crippen LogP contribution in [0.5, 0.6) is 0 Å². The molecule has 2 heteroatoms. The van der Waals surface area contributed by atoms with E-state index in [9.17, 15) is 4.79 Å². The monoisotopic (exact) mass is 159 g/mol. The summed E-state index contributed by atoms with van der Waals surface area (Å²) in [6.07, 6.45) is 0.645. The number of carbonyl (C=O) groups is 1. The van der Waals surface area contributed by atoms with E-state index >= 15 is 0 Å². The second-order valence-corrected chi connectivity index (χ2v) is 2.93. The Labute approximate surface area is 70.9 Å². The summed E-state index contributed by atoms with van der Waals surface area (Å²) in [5, 5.41) is 2.75. The number of nitrogens with one attached hydrogen (secondary N) is 1. The van der Waals surface area contributed by atoms with Gasteiger partial charge in [0, 0.05) is 17.7 Å². The van der Waals surface area contributed by atoms with Crippen molar-refractivity contribution in [1.82, 2.24) is 0 Å². The Hall–Kier alpha value is -1.57. The Kier molecular flexibility index (Phi) is 1.47. The van der Waals surface area contributed by atoms with Crippen molar-refractivity contribution in [3.63, 3.8) is 0 Å². The lowest BCUT2D eigenvalue weighted by atomic mass is 10.0. The number of anilines is 1. The number of carbonyl (C=O) groups excluding carboxylic acids is 1. The first kappa shape index (κ1) is 7.10. The quantitative estimate of drug-likeness (QED) is 0.574. The standard InChI is InChI=1S/C10H9NO/c1-7-6-8-2-4-9(5-3-8)11-10(7)12/h2-5H,1,6H2,(H,11,12). The van der Waals surface area contributed by atoms with Crippen LogP contribution in [0.2, 0.25) is 0 Å². The highest BCUT2D eigenvalue weighted by Crippen LogP contribution is 2.17. The minimum absolute atomic E-state index is 0.0730. The number of amides is 1. The van der Waals surface area contributed by atoms with Gasteiger partial charge in [-0.1, -0.05) is 18.7 Å². The van der Waals surface area contributed by atoms with Crippen LogP contribution in [-0.2, 0) is 11.2 Å². The summed E-state index contributed by atoms with van der Waals surface area (Å²) >= 11 is 0. The molecule has 0 unspecified atom stereocenters. The number of rotatable bonds is 0. The molecular formula is C10H9NO. The fourth-order valence-corrected chi connectivity index (χ4v) is 1.25. The largest absolute Gasteiger partial charge is 0.322 e. The van der Waals surface area contributed by atoms with Gasteiger partial charge in [0.05, 0.1) is 0 Å². The first-order chi connectivity index (χ1) is 5.75. The van der Waals surface area contributed by atoms with Crippen LogP contribution in [0.25, 0.3) is 0 Å². The zero-order valence-corrected chi connectivity index (χ0v) is 6.63. The molecule has 1 aromatic rings. The molecule has 0 saturated carbocycles. The van der Waals surface area contributed by atoms with Gasteiger partial charge in [0.2, 0.25) is 0 Å². The lowest BCUT2D eigenvalue weighted by Crippen LogP contribution is -2.17. The molecule has 60 valence electrons. The summed E-state index contributed by atoms with van der Waals surface area (Å²) in [5.41, 5.74) is 2.60. The van der Waals surface area contributed by atoms with Crippen LogP contribution in [0.15, 0.2) is 36.4 Å². The number of fused-ring (bicyclic) bond motifs is 5. The summed E-state index contributed by atoms with van der Waals surface area (Å²) < 4.78 is 0. The lowest BCUT2D eigenvalue weighted by Gasteiger charge is -2.12. The molecule has 2 bridgehead atoms. The average molecular weight is 159 g/mol. The van der Waals surface area contributed by atoms with Gasteiger partial charge in [0.1, 0.15) is 0 Å². The van der Waals surface area contributed by atoms with Gasteiger partial charge < -0.3 is 5.32 Å². The maximum absolute atomic E-state index is 11.2. The first-order valence-corrected chi connectivity index (χ1v) is 3.84. The van der Waals surface area contributed by atoms with Gasteiger partial charge >= 0.3 is 0 Å². The van der Waals surface area contributed by atoms with Gasteiger partial charge in [0.25, 0.3) is 5.91 Å². The molecule has 12 heavy (non-hydrogen) atoms. The molecule has 2 heterocycles. The molecule has 2 aliphatic rings. The summed E-state index contributed by atoms with van der Waals surface area (Å²) in [6, 6.07) is 7.80. The number of hydrogen-bond donors (Lipinski definition) is 1. The highest BCUT2D eigenvalue weighted by atomic mass is 16.1. The molecule has 2 aliphatic heterocycles. The molecule has 1 amide bonds. The highest BCUT2D eigenvalue weighted by molar-refractivity contribution is 6.04. The van der Waals surface area contributed by atoms with Crippen LogP contribution in [-0.4, -0.2) is 5.91 Å². The predicted molar refractivity (Wildman–Crippen MR) is 47.9 cm³/mol. The van der Waals surface area contributed by atoms with Crippen molar-refractivity contribution >= 4 is 11.6 Å². The van der Waals surface area contributed by atoms with Crippen molar-refractivity contribution < 1.29 is 4.79 Å². The van der Waals surface area contributed by atoms with Crippen LogP contribution in [0, 0.1) is 0 Å². The molecule has 1 aromatic carbocycles. The second-order valence-electron chi connectivity index (χ2n) is 2.93. The summed E-state index contributed by atoms with van der Waals surface area (Å²) in [5.74, 6) is -0.0730. The maximum atomic E-state index is 11.2. The lowest BCUT2D eigenvalue weighted by molar-refractivity contribution is -0.112. The predicted octanol–water partition coefficient (Wildman–Crippen LogP) is 1.74. The van der Waals surface area contributed by atoms with Gasteiger partial charge in [-0.2, -0.15) is 0 Å². The zero-order valence-electron chi connectivity index (χ0n) is 6.63. The maximum Gasteiger partial charge on any atom is 0.251 e. The first-order valence-electron chi connectivity index (χ1n) is 3.84. The van der Waals surface area contributed by atoms with Crippen LogP contribution < -0.4 is 5.32 Å². The van der Waals surface area contributed by atoms with Crippen molar-refractivity contribution in [2.75, 3.05) is 5.32 Å². The fraction of sp³-hybridized carbons (Fsp3) is 0.100. The van der Waals surface area contributed by atoms with Crippen LogP contribution in [0.3, 0.4) is 0 Å². The van der Waals surface area contributed by atoms with E-state index in [0.29, 0.717) is 12.0 Å². The third-order valence-electron chi connectivity index (χ3n) is 1.95. The molecule has 2 nitrogen and oxygen atoms in total. The van der Waals surface area contributed by atoms with Gasteiger partial charge in [-0.15, -0.1) is 0 Å².